The van der Waals surface area contributed by atoms with Crippen LogP contribution in [-0.4, -0.2) is 10.9 Å². The first-order valence-corrected chi connectivity index (χ1v) is 6.43. The molecule has 0 unspecified atom stereocenters. The predicted octanol–water partition coefficient (Wildman–Crippen LogP) is 4.04. The number of nitrogens with zero attached hydrogens (tertiary/aromatic N) is 1. The molecular formula is C15H11ClN2O2. The Morgan fingerprint density at radius 2 is 2.15 bits per heavy atom. The second-order valence-electron chi connectivity index (χ2n) is 4.44. The third-order valence-electron chi connectivity index (χ3n) is 2.89. The van der Waals surface area contributed by atoms with Gasteiger partial charge in [-0.3, -0.25) is 4.79 Å². The van der Waals surface area contributed by atoms with E-state index in [1.807, 2.05) is 25.1 Å². The van der Waals surface area contributed by atoms with Gasteiger partial charge in [-0.1, -0.05) is 23.2 Å². The van der Waals surface area contributed by atoms with E-state index in [1.165, 1.54) is 0 Å². The van der Waals surface area contributed by atoms with Crippen molar-refractivity contribution in [3.05, 3.63) is 58.9 Å². The summed E-state index contributed by atoms with van der Waals surface area (Å²) in [4.78, 5) is 16.1. The molecule has 3 aromatic rings. The Bertz CT molecular complexity index is 795. The quantitative estimate of drug-likeness (QED) is 0.773. The highest BCUT2D eigenvalue weighted by Crippen LogP contribution is 2.23. The third-order valence-corrected chi connectivity index (χ3v) is 3.19. The topological polar surface area (TPSA) is 55.1 Å². The molecule has 100 valence electrons. The van der Waals surface area contributed by atoms with Crippen LogP contribution in [0.3, 0.4) is 0 Å². The molecule has 3 rings (SSSR count). The number of benzene rings is 1. The summed E-state index contributed by atoms with van der Waals surface area (Å²) in [5.74, 6) is 0.169. The minimum absolute atomic E-state index is 0.229. The van der Waals surface area contributed by atoms with Gasteiger partial charge < -0.3 is 9.73 Å². The minimum Gasteiger partial charge on any atom is -0.451 e. The maximum absolute atomic E-state index is 12.1. The van der Waals surface area contributed by atoms with Crippen molar-refractivity contribution in [2.45, 2.75) is 6.92 Å². The van der Waals surface area contributed by atoms with Crippen molar-refractivity contribution in [1.82, 2.24) is 4.98 Å². The first kappa shape index (κ1) is 12.7. The van der Waals surface area contributed by atoms with Crippen LogP contribution < -0.4 is 5.32 Å². The monoisotopic (exact) mass is 286 g/mol. The van der Waals surface area contributed by atoms with E-state index < -0.39 is 0 Å². The SMILES string of the molecule is Cc1ccc2oc(C(=O)Nc3ncccc3Cl)cc2c1. The first-order valence-electron chi connectivity index (χ1n) is 6.05. The number of aromatic nitrogens is 1. The average molecular weight is 287 g/mol. The summed E-state index contributed by atoms with van der Waals surface area (Å²) in [7, 11) is 0. The van der Waals surface area contributed by atoms with E-state index in [9.17, 15) is 4.79 Å². The van der Waals surface area contributed by atoms with Crippen LogP contribution in [-0.2, 0) is 0 Å². The molecule has 0 fully saturated rings. The van der Waals surface area contributed by atoms with E-state index >= 15 is 0 Å². The molecule has 2 aromatic heterocycles. The van der Waals surface area contributed by atoms with Gasteiger partial charge in [0.25, 0.3) is 5.91 Å². The number of pyridine rings is 1. The number of amides is 1. The minimum atomic E-state index is -0.376. The molecule has 1 aromatic carbocycles. The lowest BCUT2D eigenvalue weighted by Crippen LogP contribution is -2.12. The first-order chi connectivity index (χ1) is 9.63. The lowest BCUT2D eigenvalue weighted by Gasteiger charge is -2.03. The summed E-state index contributed by atoms with van der Waals surface area (Å²) in [5.41, 5.74) is 1.78. The number of carbonyl (C=O) groups excluding carboxylic acids is 1. The summed E-state index contributed by atoms with van der Waals surface area (Å²) in [5, 5.41) is 3.90. The van der Waals surface area contributed by atoms with Crippen LogP contribution in [0, 0.1) is 6.92 Å². The van der Waals surface area contributed by atoms with Gasteiger partial charge in [0.2, 0.25) is 0 Å². The largest absolute Gasteiger partial charge is 0.451 e. The molecule has 0 bridgehead atoms. The van der Waals surface area contributed by atoms with E-state index in [-0.39, 0.29) is 11.7 Å². The van der Waals surface area contributed by atoms with Crippen molar-refractivity contribution in [3.63, 3.8) is 0 Å². The van der Waals surface area contributed by atoms with Crippen LogP contribution in [0.4, 0.5) is 5.82 Å². The Kier molecular flexibility index (Phi) is 3.16. The highest BCUT2D eigenvalue weighted by Gasteiger charge is 2.14. The molecule has 0 atom stereocenters. The highest BCUT2D eigenvalue weighted by molar-refractivity contribution is 6.33. The summed E-state index contributed by atoms with van der Waals surface area (Å²) in [6.45, 7) is 1.99. The number of furan rings is 1. The fraction of sp³-hybridized carbons (Fsp3) is 0.0667. The molecule has 0 aliphatic heterocycles. The molecule has 20 heavy (non-hydrogen) atoms. The van der Waals surface area contributed by atoms with Crippen molar-refractivity contribution in [1.29, 1.82) is 0 Å². The molecule has 0 spiro atoms. The fourth-order valence-electron chi connectivity index (χ4n) is 1.92. The number of halogens is 1. The Morgan fingerprint density at radius 1 is 1.30 bits per heavy atom. The molecule has 0 radical (unpaired) electrons. The molecule has 4 nitrogen and oxygen atoms in total. The normalized spacial score (nSPS) is 10.7. The van der Waals surface area contributed by atoms with Gasteiger partial charge in [-0.15, -0.1) is 0 Å². The number of anilines is 1. The van der Waals surface area contributed by atoms with Gasteiger partial charge in [0.1, 0.15) is 5.58 Å². The second-order valence-corrected chi connectivity index (χ2v) is 4.85. The van der Waals surface area contributed by atoms with E-state index in [0.717, 1.165) is 10.9 Å². The predicted molar refractivity (Wildman–Crippen MR) is 78.2 cm³/mol. The molecule has 0 aliphatic carbocycles. The Hall–Kier alpha value is -2.33. The third kappa shape index (κ3) is 2.38. The number of hydrogen-bond acceptors (Lipinski definition) is 3. The standard InChI is InChI=1S/C15H11ClN2O2/c1-9-4-5-12-10(7-9)8-13(20-12)15(19)18-14-11(16)3-2-6-17-14/h2-8H,1H3,(H,17,18,19). The van der Waals surface area contributed by atoms with Crippen LogP contribution in [0.1, 0.15) is 16.1 Å². The molecule has 0 saturated heterocycles. The Balaban J connectivity index is 1.91. The summed E-state index contributed by atoms with van der Waals surface area (Å²) < 4.78 is 5.51. The molecule has 0 saturated carbocycles. The molecule has 0 aliphatic rings. The van der Waals surface area contributed by atoms with Gasteiger partial charge in [-0.2, -0.15) is 0 Å². The summed E-state index contributed by atoms with van der Waals surface area (Å²) in [6.07, 6.45) is 1.56. The van der Waals surface area contributed by atoms with Gasteiger partial charge in [0.05, 0.1) is 5.02 Å². The summed E-state index contributed by atoms with van der Waals surface area (Å²) in [6, 6.07) is 10.8. The van der Waals surface area contributed by atoms with E-state index in [4.69, 9.17) is 16.0 Å². The van der Waals surface area contributed by atoms with E-state index in [0.29, 0.717) is 16.4 Å². The number of carbonyl (C=O) groups is 1. The lowest BCUT2D eigenvalue weighted by atomic mass is 10.2. The van der Waals surface area contributed by atoms with Gasteiger partial charge in [0.15, 0.2) is 11.6 Å². The zero-order valence-electron chi connectivity index (χ0n) is 10.7. The lowest BCUT2D eigenvalue weighted by molar-refractivity contribution is 0.0998. The molecule has 1 amide bonds. The van der Waals surface area contributed by atoms with Crippen molar-refractivity contribution in [2.75, 3.05) is 5.32 Å². The van der Waals surface area contributed by atoms with Crippen LogP contribution in [0.15, 0.2) is 47.0 Å². The smallest absolute Gasteiger partial charge is 0.292 e. The molecule has 2 heterocycles. The van der Waals surface area contributed by atoms with Crippen molar-refractivity contribution >= 4 is 34.3 Å². The van der Waals surface area contributed by atoms with Crippen LogP contribution >= 0.6 is 11.6 Å². The number of hydrogen-bond donors (Lipinski definition) is 1. The summed E-state index contributed by atoms with van der Waals surface area (Å²) >= 11 is 5.95. The van der Waals surface area contributed by atoms with Crippen molar-refractivity contribution < 1.29 is 9.21 Å². The van der Waals surface area contributed by atoms with Crippen LogP contribution in [0.25, 0.3) is 11.0 Å². The van der Waals surface area contributed by atoms with E-state index in [1.54, 1.807) is 24.4 Å². The maximum atomic E-state index is 12.1. The number of nitrogens with one attached hydrogen (secondary N) is 1. The van der Waals surface area contributed by atoms with Crippen LogP contribution in [0.2, 0.25) is 5.02 Å². The zero-order valence-corrected chi connectivity index (χ0v) is 11.4. The van der Waals surface area contributed by atoms with Gasteiger partial charge in [-0.05, 0) is 37.3 Å². The molecular weight excluding hydrogens is 276 g/mol. The maximum Gasteiger partial charge on any atom is 0.292 e. The van der Waals surface area contributed by atoms with Gasteiger partial charge in [0, 0.05) is 11.6 Å². The van der Waals surface area contributed by atoms with Crippen molar-refractivity contribution in [3.8, 4) is 0 Å². The number of fused-ring (bicyclic) bond motifs is 1. The van der Waals surface area contributed by atoms with Gasteiger partial charge >= 0.3 is 0 Å². The highest BCUT2D eigenvalue weighted by atomic mass is 35.5. The zero-order chi connectivity index (χ0) is 14.1. The molecule has 5 heteroatoms. The average Bonchev–Trinajstić information content (AvgIpc) is 2.84. The number of aryl methyl sites for hydroxylation is 1. The van der Waals surface area contributed by atoms with Crippen LogP contribution in [0.5, 0.6) is 0 Å². The fourth-order valence-corrected chi connectivity index (χ4v) is 2.09. The Morgan fingerprint density at radius 3 is 2.95 bits per heavy atom. The number of rotatable bonds is 2. The van der Waals surface area contributed by atoms with Crippen molar-refractivity contribution in [2.24, 2.45) is 0 Å². The second kappa shape index (κ2) is 4.98. The molecule has 1 N–H and O–H groups in total. The van der Waals surface area contributed by atoms with Gasteiger partial charge in [-0.25, -0.2) is 4.98 Å². The Labute approximate surface area is 120 Å². The van der Waals surface area contributed by atoms with E-state index in [2.05, 4.69) is 10.3 Å².